The Kier molecular flexibility index (Phi) is 3.26. The van der Waals surface area contributed by atoms with Crippen LogP contribution in [0.5, 0.6) is 0 Å². The summed E-state index contributed by atoms with van der Waals surface area (Å²) in [6, 6.07) is 1.61. The van der Waals surface area contributed by atoms with Gasteiger partial charge >= 0.3 is 6.18 Å². The van der Waals surface area contributed by atoms with E-state index < -0.39 is 12.6 Å². The van der Waals surface area contributed by atoms with Crippen LogP contribution in [-0.4, -0.2) is 42.3 Å². The summed E-state index contributed by atoms with van der Waals surface area (Å²) in [4.78, 5) is 11.6. The van der Waals surface area contributed by atoms with Gasteiger partial charge in [0, 0.05) is 31.1 Å². The number of hydrogen-bond donors (Lipinski definition) is 1. The number of nitrogens with zero attached hydrogens (tertiary/aromatic N) is 3. The minimum Gasteiger partial charge on any atom is -0.355 e. The van der Waals surface area contributed by atoms with Crippen LogP contribution in [0.4, 0.5) is 19.0 Å². The molecular weight excluding hydrogens is 313 g/mol. The van der Waals surface area contributed by atoms with Crippen molar-refractivity contribution in [2.75, 3.05) is 31.1 Å². The lowest BCUT2D eigenvalue weighted by Crippen LogP contribution is -2.26. The molecule has 0 saturated carbocycles. The second-order valence-electron chi connectivity index (χ2n) is 6.00. The second kappa shape index (κ2) is 5.06. The van der Waals surface area contributed by atoms with Crippen molar-refractivity contribution in [3.63, 3.8) is 0 Å². The quantitative estimate of drug-likeness (QED) is 0.919. The summed E-state index contributed by atoms with van der Waals surface area (Å²) >= 11 is 1.11. The lowest BCUT2D eigenvalue weighted by atomic mass is 10.0. The van der Waals surface area contributed by atoms with Gasteiger partial charge in [0.2, 0.25) is 0 Å². The smallest absolute Gasteiger partial charge is 0.355 e. The molecule has 118 valence electrons. The highest BCUT2D eigenvalue weighted by molar-refractivity contribution is 7.18. The zero-order chi connectivity index (χ0) is 15.3. The summed E-state index contributed by atoms with van der Waals surface area (Å²) in [7, 11) is 0. The molecule has 0 spiro atoms. The molecule has 4 heterocycles. The number of halogens is 3. The van der Waals surface area contributed by atoms with Gasteiger partial charge in [0.15, 0.2) is 0 Å². The predicted octanol–water partition coefficient (Wildman–Crippen LogP) is 2.45. The molecule has 2 unspecified atom stereocenters. The molecule has 0 aromatic carbocycles. The molecule has 4 nitrogen and oxygen atoms in total. The molecule has 2 fully saturated rings. The zero-order valence-electron chi connectivity index (χ0n) is 11.7. The van der Waals surface area contributed by atoms with Crippen molar-refractivity contribution in [2.45, 2.75) is 12.6 Å². The average Bonchev–Trinajstić information content (AvgIpc) is 3.07. The third-order valence-corrected chi connectivity index (χ3v) is 5.47. The Morgan fingerprint density at radius 3 is 2.64 bits per heavy atom. The van der Waals surface area contributed by atoms with Crippen molar-refractivity contribution in [3.8, 4) is 0 Å². The maximum Gasteiger partial charge on any atom is 0.393 e. The van der Waals surface area contributed by atoms with Crippen LogP contribution in [0.2, 0.25) is 0 Å². The van der Waals surface area contributed by atoms with Gasteiger partial charge < -0.3 is 10.2 Å². The Labute approximate surface area is 129 Å². The molecule has 4 rings (SSSR count). The lowest BCUT2D eigenvalue weighted by molar-refractivity contribution is -0.126. The van der Waals surface area contributed by atoms with Gasteiger partial charge in [-0.2, -0.15) is 13.2 Å². The molecule has 8 heteroatoms. The van der Waals surface area contributed by atoms with Crippen molar-refractivity contribution >= 4 is 27.4 Å². The number of rotatable bonds is 2. The monoisotopic (exact) mass is 328 g/mol. The van der Waals surface area contributed by atoms with Gasteiger partial charge in [0.05, 0.1) is 11.8 Å². The summed E-state index contributed by atoms with van der Waals surface area (Å²) in [5.74, 6) is 2.00. The fourth-order valence-corrected chi connectivity index (χ4v) is 4.48. The van der Waals surface area contributed by atoms with Crippen LogP contribution < -0.4 is 10.2 Å². The molecule has 0 aliphatic carbocycles. The SMILES string of the molecule is FC(F)(F)Cc1cc2c(N3CC4CNCC4C3)ncnc2s1. The third kappa shape index (κ3) is 2.54. The molecule has 0 amide bonds. The normalized spacial score (nSPS) is 25.1. The predicted molar refractivity (Wildman–Crippen MR) is 79.2 cm³/mol. The summed E-state index contributed by atoms with van der Waals surface area (Å²) < 4.78 is 37.7. The number of anilines is 1. The number of aromatic nitrogens is 2. The van der Waals surface area contributed by atoms with Crippen LogP contribution >= 0.6 is 11.3 Å². The van der Waals surface area contributed by atoms with Crippen LogP contribution in [0.3, 0.4) is 0 Å². The van der Waals surface area contributed by atoms with E-state index in [2.05, 4.69) is 20.2 Å². The Bertz CT molecular complexity index is 687. The van der Waals surface area contributed by atoms with Crippen LogP contribution in [0.1, 0.15) is 4.88 Å². The molecule has 2 aromatic rings. The van der Waals surface area contributed by atoms with Gasteiger partial charge in [-0.05, 0) is 17.9 Å². The highest BCUT2D eigenvalue weighted by Gasteiger charge is 2.37. The molecule has 22 heavy (non-hydrogen) atoms. The van der Waals surface area contributed by atoms with Crippen LogP contribution in [0.15, 0.2) is 12.4 Å². The molecule has 2 aliphatic heterocycles. The Hall–Kier alpha value is -1.41. The van der Waals surface area contributed by atoms with E-state index in [1.165, 1.54) is 6.33 Å². The molecule has 0 radical (unpaired) electrons. The van der Waals surface area contributed by atoms with Gasteiger partial charge in [-0.1, -0.05) is 0 Å². The first kappa shape index (κ1) is 14.2. The van der Waals surface area contributed by atoms with Crippen molar-refractivity contribution in [2.24, 2.45) is 11.8 Å². The van der Waals surface area contributed by atoms with E-state index in [0.717, 1.165) is 48.7 Å². The standard InChI is InChI=1S/C14H15F3N4S/c15-14(16,17)2-10-1-11-12(19-7-20-13(11)22-10)21-5-8-3-18-4-9(8)6-21/h1,7-9,18H,2-6H2. The Morgan fingerprint density at radius 1 is 1.23 bits per heavy atom. The average molecular weight is 328 g/mol. The lowest BCUT2D eigenvalue weighted by Gasteiger charge is -2.18. The molecule has 2 saturated heterocycles. The minimum absolute atomic E-state index is 0.297. The summed E-state index contributed by atoms with van der Waals surface area (Å²) in [6.07, 6.45) is -3.63. The fourth-order valence-electron chi connectivity index (χ4n) is 3.46. The zero-order valence-corrected chi connectivity index (χ0v) is 12.5. The summed E-state index contributed by atoms with van der Waals surface area (Å²) in [6.45, 7) is 3.85. The summed E-state index contributed by atoms with van der Waals surface area (Å²) in [5.41, 5.74) is 0. The van der Waals surface area contributed by atoms with Crippen molar-refractivity contribution < 1.29 is 13.2 Å². The van der Waals surface area contributed by atoms with E-state index in [-0.39, 0.29) is 0 Å². The fraction of sp³-hybridized carbons (Fsp3) is 0.571. The number of hydrogen-bond acceptors (Lipinski definition) is 5. The molecule has 2 aliphatic rings. The molecule has 1 N–H and O–H groups in total. The van der Waals surface area contributed by atoms with Crippen LogP contribution in [-0.2, 0) is 6.42 Å². The number of nitrogens with one attached hydrogen (secondary N) is 1. The topological polar surface area (TPSA) is 41.0 Å². The van der Waals surface area contributed by atoms with Crippen molar-refractivity contribution in [1.29, 1.82) is 0 Å². The maximum atomic E-state index is 12.6. The molecule has 0 bridgehead atoms. The van der Waals surface area contributed by atoms with E-state index in [0.29, 0.717) is 21.5 Å². The van der Waals surface area contributed by atoms with E-state index in [9.17, 15) is 13.2 Å². The molecule has 2 aromatic heterocycles. The van der Waals surface area contributed by atoms with Gasteiger partial charge in [-0.15, -0.1) is 11.3 Å². The maximum absolute atomic E-state index is 12.6. The Morgan fingerprint density at radius 2 is 1.95 bits per heavy atom. The van der Waals surface area contributed by atoms with Gasteiger partial charge in [-0.25, -0.2) is 9.97 Å². The highest BCUT2D eigenvalue weighted by Crippen LogP contribution is 2.36. The van der Waals surface area contributed by atoms with E-state index in [1.807, 2.05) is 0 Å². The first-order chi connectivity index (χ1) is 10.5. The van der Waals surface area contributed by atoms with Crippen molar-refractivity contribution in [1.82, 2.24) is 15.3 Å². The van der Waals surface area contributed by atoms with Gasteiger partial charge in [0.25, 0.3) is 0 Å². The number of alkyl halides is 3. The molecule has 2 atom stereocenters. The van der Waals surface area contributed by atoms with Gasteiger partial charge in [-0.3, -0.25) is 0 Å². The number of fused-ring (bicyclic) bond motifs is 2. The van der Waals surface area contributed by atoms with E-state index in [1.54, 1.807) is 6.07 Å². The number of thiophene rings is 1. The Balaban J connectivity index is 1.66. The highest BCUT2D eigenvalue weighted by atomic mass is 32.1. The first-order valence-electron chi connectivity index (χ1n) is 7.25. The first-order valence-corrected chi connectivity index (χ1v) is 8.07. The minimum atomic E-state index is -4.19. The van der Waals surface area contributed by atoms with Crippen LogP contribution in [0.25, 0.3) is 10.2 Å². The van der Waals surface area contributed by atoms with E-state index in [4.69, 9.17) is 0 Å². The third-order valence-electron chi connectivity index (χ3n) is 4.42. The van der Waals surface area contributed by atoms with Crippen molar-refractivity contribution in [3.05, 3.63) is 17.3 Å². The second-order valence-corrected chi connectivity index (χ2v) is 7.12. The molecular formula is C14H15F3N4S. The van der Waals surface area contributed by atoms with Crippen LogP contribution in [0, 0.1) is 11.8 Å². The summed E-state index contributed by atoms with van der Waals surface area (Å²) in [5, 5.41) is 4.13. The van der Waals surface area contributed by atoms with E-state index >= 15 is 0 Å². The largest absolute Gasteiger partial charge is 0.393 e. The van der Waals surface area contributed by atoms with Gasteiger partial charge in [0.1, 0.15) is 17.0 Å².